The Balaban J connectivity index is 2.08. The Bertz CT molecular complexity index is 322. The number of hydrogen-bond acceptors (Lipinski definition) is 2. The topological polar surface area (TPSA) is 32.3 Å². The van der Waals surface area contributed by atoms with Gasteiger partial charge >= 0.3 is 0 Å². The van der Waals surface area contributed by atoms with E-state index in [1.165, 1.54) is 30.4 Å². The van der Waals surface area contributed by atoms with E-state index < -0.39 is 0 Å². The Hall–Kier alpha value is -0.860. The van der Waals surface area contributed by atoms with Crippen molar-refractivity contribution in [1.82, 2.24) is 5.32 Å². The zero-order valence-corrected chi connectivity index (χ0v) is 9.24. The van der Waals surface area contributed by atoms with Gasteiger partial charge in [-0.05, 0) is 37.3 Å². The number of fused-ring (bicyclic) bond motifs is 1. The molecule has 2 heteroatoms. The standard InChI is InChI=1S/C13H19NO/c1-10(15)9-14-13-8-4-6-11-5-2-3-7-12(11)13/h2-3,5,7,10,13-15H,4,6,8-9H2,1H3/t10-,13?/m1/s1. The van der Waals surface area contributed by atoms with E-state index in [9.17, 15) is 5.11 Å². The van der Waals surface area contributed by atoms with Crippen LogP contribution in [0.15, 0.2) is 24.3 Å². The van der Waals surface area contributed by atoms with Gasteiger partial charge in [0.15, 0.2) is 0 Å². The second-order valence-corrected chi connectivity index (χ2v) is 4.40. The summed E-state index contributed by atoms with van der Waals surface area (Å²) in [6.07, 6.45) is 3.36. The van der Waals surface area contributed by atoms with Crippen LogP contribution < -0.4 is 5.32 Å². The maximum absolute atomic E-state index is 9.27. The van der Waals surface area contributed by atoms with Crippen LogP contribution in [0, 0.1) is 0 Å². The molecule has 0 aliphatic heterocycles. The van der Waals surface area contributed by atoms with Gasteiger partial charge in [-0.2, -0.15) is 0 Å². The zero-order chi connectivity index (χ0) is 10.7. The number of nitrogens with one attached hydrogen (secondary N) is 1. The molecule has 0 fully saturated rings. The van der Waals surface area contributed by atoms with Gasteiger partial charge < -0.3 is 10.4 Å². The van der Waals surface area contributed by atoms with Crippen LogP contribution in [0.3, 0.4) is 0 Å². The molecule has 15 heavy (non-hydrogen) atoms. The first-order valence-electron chi connectivity index (χ1n) is 5.76. The van der Waals surface area contributed by atoms with Gasteiger partial charge in [-0.3, -0.25) is 0 Å². The number of hydrogen-bond donors (Lipinski definition) is 2. The molecule has 0 aromatic heterocycles. The molecule has 0 spiro atoms. The molecule has 1 aromatic rings. The first-order valence-corrected chi connectivity index (χ1v) is 5.76. The molecule has 1 unspecified atom stereocenters. The third-order valence-electron chi connectivity index (χ3n) is 3.03. The van der Waals surface area contributed by atoms with E-state index in [-0.39, 0.29) is 6.10 Å². The minimum atomic E-state index is -0.265. The van der Waals surface area contributed by atoms with Crippen molar-refractivity contribution in [3.05, 3.63) is 35.4 Å². The average molecular weight is 205 g/mol. The molecule has 2 atom stereocenters. The van der Waals surface area contributed by atoms with Crippen LogP contribution in [-0.2, 0) is 6.42 Å². The number of aliphatic hydroxyl groups is 1. The Kier molecular flexibility index (Phi) is 3.39. The van der Waals surface area contributed by atoms with Crippen molar-refractivity contribution in [2.45, 2.75) is 38.3 Å². The van der Waals surface area contributed by atoms with Crippen molar-refractivity contribution < 1.29 is 5.11 Å². The largest absolute Gasteiger partial charge is 0.392 e. The van der Waals surface area contributed by atoms with E-state index in [1.54, 1.807) is 0 Å². The fraction of sp³-hybridized carbons (Fsp3) is 0.538. The Labute approximate surface area is 91.3 Å². The van der Waals surface area contributed by atoms with Crippen LogP contribution in [-0.4, -0.2) is 17.8 Å². The molecule has 2 rings (SSSR count). The summed E-state index contributed by atoms with van der Waals surface area (Å²) in [5.74, 6) is 0. The van der Waals surface area contributed by atoms with Gasteiger partial charge in [0.2, 0.25) is 0 Å². The number of rotatable bonds is 3. The molecule has 0 amide bonds. The third-order valence-corrected chi connectivity index (χ3v) is 3.03. The van der Waals surface area contributed by atoms with Gasteiger partial charge in [0, 0.05) is 12.6 Å². The molecule has 82 valence electrons. The molecule has 0 radical (unpaired) electrons. The molecule has 0 saturated carbocycles. The van der Waals surface area contributed by atoms with Crippen molar-refractivity contribution in [2.75, 3.05) is 6.54 Å². The summed E-state index contributed by atoms with van der Waals surface area (Å²) in [6.45, 7) is 2.50. The molecular weight excluding hydrogens is 186 g/mol. The van der Waals surface area contributed by atoms with E-state index in [4.69, 9.17) is 0 Å². The molecule has 2 nitrogen and oxygen atoms in total. The van der Waals surface area contributed by atoms with Gasteiger partial charge in [-0.15, -0.1) is 0 Å². The van der Waals surface area contributed by atoms with Crippen LogP contribution in [0.1, 0.15) is 36.9 Å². The zero-order valence-electron chi connectivity index (χ0n) is 9.24. The predicted octanol–water partition coefficient (Wildman–Crippen LogP) is 2.03. The summed E-state index contributed by atoms with van der Waals surface area (Å²) in [5.41, 5.74) is 2.89. The average Bonchev–Trinajstić information content (AvgIpc) is 2.26. The quantitative estimate of drug-likeness (QED) is 0.791. The van der Waals surface area contributed by atoms with Crippen LogP contribution in [0.2, 0.25) is 0 Å². The van der Waals surface area contributed by atoms with E-state index in [0.717, 1.165) is 0 Å². The highest BCUT2D eigenvalue weighted by molar-refractivity contribution is 5.32. The molecule has 1 aliphatic carbocycles. The molecule has 0 heterocycles. The van der Waals surface area contributed by atoms with Gasteiger partial charge in [0.1, 0.15) is 0 Å². The first kappa shape index (κ1) is 10.7. The Morgan fingerprint density at radius 1 is 1.47 bits per heavy atom. The second-order valence-electron chi connectivity index (χ2n) is 4.40. The van der Waals surface area contributed by atoms with Gasteiger partial charge in [0.05, 0.1) is 6.10 Å². The smallest absolute Gasteiger partial charge is 0.0636 e. The highest BCUT2D eigenvalue weighted by Gasteiger charge is 2.18. The number of benzene rings is 1. The Morgan fingerprint density at radius 3 is 3.07 bits per heavy atom. The summed E-state index contributed by atoms with van der Waals surface area (Å²) >= 11 is 0. The highest BCUT2D eigenvalue weighted by atomic mass is 16.3. The van der Waals surface area contributed by atoms with Gasteiger partial charge in [-0.1, -0.05) is 24.3 Å². The molecule has 1 aromatic carbocycles. The van der Waals surface area contributed by atoms with Crippen molar-refractivity contribution in [3.8, 4) is 0 Å². The van der Waals surface area contributed by atoms with E-state index in [1.807, 2.05) is 6.92 Å². The first-order chi connectivity index (χ1) is 7.27. The van der Waals surface area contributed by atoms with Crippen molar-refractivity contribution in [2.24, 2.45) is 0 Å². The lowest BCUT2D eigenvalue weighted by Crippen LogP contribution is -2.30. The van der Waals surface area contributed by atoms with E-state index in [2.05, 4.69) is 29.6 Å². The molecular formula is C13H19NO. The molecule has 1 aliphatic rings. The Morgan fingerprint density at radius 2 is 2.27 bits per heavy atom. The SMILES string of the molecule is C[C@@H](O)CNC1CCCc2ccccc21. The lowest BCUT2D eigenvalue weighted by molar-refractivity contribution is 0.184. The van der Waals surface area contributed by atoms with Crippen molar-refractivity contribution >= 4 is 0 Å². The highest BCUT2D eigenvalue weighted by Crippen LogP contribution is 2.29. The van der Waals surface area contributed by atoms with Crippen LogP contribution in [0.25, 0.3) is 0 Å². The minimum absolute atomic E-state index is 0.265. The summed E-state index contributed by atoms with van der Waals surface area (Å²) in [6, 6.07) is 9.06. The number of aryl methyl sites for hydroxylation is 1. The molecule has 0 saturated heterocycles. The van der Waals surface area contributed by atoms with Crippen molar-refractivity contribution in [1.29, 1.82) is 0 Å². The fourth-order valence-electron chi connectivity index (χ4n) is 2.28. The summed E-state index contributed by atoms with van der Waals surface area (Å²) in [5, 5.41) is 12.7. The normalized spacial score (nSPS) is 22.1. The van der Waals surface area contributed by atoms with Crippen LogP contribution in [0.5, 0.6) is 0 Å². The fourth-order valence-corrected chi connectivity index (χ4v) is 2.28. The van der Waals surface area contributed by atoms with E-state index in [0.29, 0.717) is 12.6 Å². The monoisotopic (exact) mass is 205 g/mol. The predicted molar refractivity (Wildman–Crippen MR) is 61.8 cm³/mol. The third kappa shape index (κ3) is 2.58. The molecule has 2 N–H and O–H groups in total. The van der Waals surface area contributed by atoms with Crippen LogP contribution in [0.4, 0.5) is 0 Å². The maximum atomic E-state index is 9.27. The molecule has 0 bridgehead atoms. The van der Waals surface area contributed by atoms with E-state index >= 15 is 0 Å². The van der Waals surface area contributed by atoms with Crippen molar-refractivity contribution in [3.63, 3.8) is 0 Å². The van der Waals surface area contributed by atoms with Crippen LogP contribution >= 0.6 is 0 Å². The minimum Gasteiger partial charge on any atom is -0.392 e. The summed E-state index contributed by atoms with van der Waals surface area (Å²) in [7, 11) is 0. The lowest BCUT2D eigenvalue weighted by Gasteiger charge is -2.26. The second kappa shape index (κ2) is 4.77. The lowest BCUT2D eigenvalue weighted by atomic mass is 9.88. The summed E-state index contributed by atoms with van der Waals surface area (Å²) in [4.78, 5) is 0. The maximum Gasteiger partial charge on any atom is 0.0636 e. The van der Waals surface area contributed by atoms with Gasteiger partial charge in [-0.25, -0.2) is 0 Å². The number of aliphatic hydroxyl groups excluding tert-OH is 1. The summed E-state index contributed by atoms with van der Waals surface area (Å²) < 4.78 is 0. The van der Waals surface area contributed by atoms with Gasteiger partial charge in [0.25, 0.3) is 0 Å².